The minimum atomic E-state index is -0.0647. The SMILES string of the molecule is C=CCn1c(SCC(=O)Nc2ccccc2C)nnc1-c1cccs1. The Morgan fingerprint density at radius 2 is 2.16 bits per heavy atom. The Morgan fingerprint density at radius 1 is 1.32 bits per heavy atom. The van der Waals surface area contributed by atoms with E-state index in [9.17, 15) is 4.79 Å². The van der Waals surface area contributed by atoms with Gasteiger partial charge in [-0.05, 0) is 30.0 Å². The molecule has 3 aromatic rings. The third-order valence-corrected chi connectivity index (χ3v) is 5.35. The van der Waals surface area contributed by atoms with Gasteiger partial charge in [0.05, 0.1) is 10.6 Å². The first-order chi connectivity index (χ1) is 12.2. The van der Waals surface area contributed by atoms with E-state index in [0.717, 1.165) is 22.0 Å². The average molecular weight is 371 g/mol. The van der Waals surface area contributed by atoms with Crippen molar-refractivity contribution in [1.82, 2.24) is 14.8 Å². The number of carbonyl (C=O) groups excluding carboxylic acids is 1. The number of carbonyl (C=O) groups is 1. The number of thioether (sulfide) groups is 1. The molecule has 128 valence electrons. The topological polar surface area (TPSA) is 59.8 Å². The Balaban J connectivity index is 1.69. The van der Waals surface area contributed by atoms with Crippen molar-refractivity contribution >= 4 is 34.7 Å². The van der Waals surface area contributed by atoms with Crippen LogP contribution in [0.25, 0.3) is 10.7 Å². The summed E-state index contributed by atoms with van der Waals surface area (Å²) in [4.78, 5) is 13.3. The van der Waals surface area contributed by atoms with Crippen LogP contribution in [-0.2, 0) is 11.3 Å². The molecule has 0 saturated heterocycles. The van der Waals surface area contributed by atoms with Gasteiger partial charge in [0.2, 0.25) is 5.91 Å². The molecule has 5 nitrogen and oxygen atoms in total. The molecule has 1 N–H and O–H groups in total. The standard InChI is InChI=1S/C18H18N4OS2/c1-3-10-22-17(15-9-6-11-24-15)20-21-18(22)25-12-16(23)19-14-8-5-4-7-13(14)2/h3-9,11H,1,10,12H2,2H3,(H,19,23). The van der Waals surface area contributed by atoms with Crippen molar-refractivity contribution in [3.63, 3.8) is 0 Å². The molecule has 0 aliphatic heterocycles. The Hall–Kier alpha value is -2.38. The minimum absolute atomic E-state index is 0.0647. The number of nitrogens with zero attached hydrogens (tertiary/aromatic N) is 3. The number of amides is 1. The summed E-state index contributed by atoms with van der Waals surface area (Å²) in [7, 11) is 0. The Kier molecular flexibility index (Phi) is 5.67. The van der Waals surface area contributed by atoms with Crippen LogP contribution in [0.1, 0.15) is 5.56 Å². The fourth-order valence-corrected chi connectivity index (χ4v) is 3.77. The first-order valence-electron chi connectivity index (χ1n) is 7.75. The number of rotatable bonds is 7. The molecule has 0 saturated carbocycles. The predicted molar refractivity (Wildman–Crippen MR) is 104 cm³/mol. The van der Waals surface area contributed by atoms with Gasteiger partial charge in [-0.2, -0.15) is 0 Å². The molecule has 0 unspecified atom stereocenters. The number of aryl methyl sites for hydroxylation is 1. The molecule has 0 aliphatic rings. The van der Waals surface area contributed by atoms with E-state index < -0.39 is 0 Å². The van der Waals surface area contributed by atoms with Gasteiger partial charge >= 0.3 is 0 Å². The number of hydrogen-bond donors (Lipinski definition) is 1. The number of thiophene rings is 1. The molecule has 0 spiro atoms. The zero-order chi connectivity index (χ0) is 17.6. The molecule has 0 aliphatic carbocycles. The zero-order valence-corrected chi connectivity index (χ0v) is 15.4. The largest absolute Gasteiger partial charge is 0.325 e. The van der Waals surface area contributed by atoms with Crippen LogP contribution in [-0.4, -0.2) is 26.4 Å². The third-order valence-electron chi connectivity index (χ3n) is 3.52. The summed E-state index contributed by atoms with van der Waals surface area (Å²) in [5.74, 6) is 1.01. The van der Waals surface area contributed by atoms with E-state index in [-0.39, 0.29) is 11.7 Å². The minimum Gasteiger partial charge on any atom is -0.325 e. The average Bonchev–Trinajstić information content (AvgIpc) is 3.25. The van der Waals surface area contributed by atoms with Gasteiger partial charge in [0.1, 0.15) is 0 Å². The molecule has 2 heterocycles. The highest BCUT2D eigenvalue weighted by atomic mass is 32.2. The van der Waals surface area contributed by atoms with Crippen LogP contribution in [0.4, 0.5) is 5.69 Å². The number of aromatic nitrogens is 3. The number of allylic oxidation sites excluding steroid dienone is 1. The lowest BCUT2D eigenvalue weighted by molar-refractivity contribution is -0.113. The molecule has 1 aromatic carbocycles. The monoisotopic (exact) mass is 370 g/mol. The second-order valence-electron chi connectivity index (χ2n) is 5.33. The van der Waals surface area contributed by atoms with Crippen LogP contribution in [0.3, 0.4) is 0 Å². The fraction of sp³-hybridized carbons (Fsp3) is 0.167. The third kappa shape index (κ3) is 4.18. The van der Waals surface area contributed by atoms with E-state index in [1.54, 1.807) is 17.4 Å². The van der Waals surface area contributed by atoms with Crippen LogP contribution < -0.4 is 5.32 Å². The maximum Gasteiger partial charge on any atom is 0.234 e. The highest BCUT2D eigenvalue weighted by Gasteiger charge is 2.15. The van der Waals surface area contributed by atoms with E-state index in [1.165, 1.54) is 11.8 Å². The van der Waals surface area contributed by atoms with E-state index in [0.29, 0.717) is 11.7 Å². The van der Waals surface area contributed by atoms with Crippen molar-refractivity contribution in [3.8, 4) is 10.7 Å². The van der Waals surface area contributed by atoms with Gasteiger partial charge in [0, 0.05) is 12.2 Å². The molecule has 1 amide bonds. The summed E-state index contributed by atoms with van der Waals surface area (Å²) in [5.41, 5.74) is 1.87. The highest BCUT2D eigenvalue weighted by molar-refractivity contribution is 7.99. The summed E-state index contributed by atoms with van der Waals surface area (Å²) < 4.78 is 1.98. The number of anilines is 1. The van der Waals surface area contributed by atoms with Gasteiger partial charge in [0.15, 0.2) is 11.0 Å². The van der Waals surface area contributed by atoms with Crippen molar-refractivity contribution < 1.29 is 4.79 Å². The second kappa shape index (κ2) is 8.13. The molecular formula is C18H18N4OS2. The smallest absolute Gasteiger partial charge is 0.234 e. The van der Waals surface area contributed by atoms with Gasteiger partial charge in [0.25, 0.3) is 0 Å². The summed E-state index contributed by atoms with van der Waals surface area (Å²) in [6, 6.07) is 11.7. The van der Waals surface area contributed by atoms with Crippen LogP contribution in [0.5, 0.6) is 0 Å². The van der Waals surface area contributed by atoms with Gasteiger partial charge < -0.3 is 5.32 Å². The molecule has 7 heteroatoms. The van der Waals surface area contributed by atoms with Gasteiger partial charge in [-0.25, -0.2) is 0 Å². The molecular weight excluding hydrogens is 352 g/mol. The van der Waals surface area contributed by atoms with Crippen molar-refractivity contribution in [1.29, 1.82) is 0 Å². The lowest BCUT2D eigenvalue weighted by Crippen LogP contribution is -2.15. The summed E-state index contributed by atoms with van der Waals surface area (Å²) in [5, 5.41) is 14.2. The normalized spacial score (nSPS) is 10.6. The van der Waals surface area contributed by atoms with Crippen molar-refractivity contribution in [2.45, 2.75) is 18.6 Å². The zero-order valence-electron chi connectivity index (χ0n) is 13.8. The summed E-state index contributed by atoms with van der Waals surface area (Å²) in [6.45, 7) is 6.37. The number of nitrogens with one attached hydrogen (secondary N) is 1. The quantitative estimate of drug-likeness (QED) is 0.499. The molecule has 0 bridgehead atoms. The fourth-order valence-electron chi connectivity index (χ4n) is 2.31. The number of para-hydroxylation sites is 1. The predicted octanol–water partition coefficient (Wildman–Crippen LogP) is 4.23. The van der Waals surface area contributed by atoms with Crippen molar-refractivity contribution in [3.05, 3.63) is 60.0 Å². The van der Waals surface area contributed by atoms with Crippen molar-refractivity contribution in [2.75, 3.05) is 11.1 Å². The van der Waals surface area contributed by atoms with E-state index in [2.05, 4.69) is 22.1 Å². The van der Waals surface area contributed by atoms with Crippen LogP contribution in [0, 0.1) is 6.92 Å². The van der Waals surface area contributed by atoms with E-state index in [1.807, 2.05) is 53.3 Å². The summed E-state index contributed by atoms with van der Waals surface area (Å²) in [6.07, 6.45) is 1.80. The summed E-state index contributed by atoms with van der Waals surface area (Å²) >= 11 is 2.98. The van der Waals surface area contributed by atoms with Crippen LogP contribution in [0.15, 0.2) is 59.6 Å². The van der Waals surface area contributed by atoms with Gasteiger partial charge in [-0.1, -0.05) is 42.1 Å². The molecule has 0 fully saturated rings. The lowest BCUT2D eigenvalue weighted by Gasteiger charge is -2.08. The van der Waals surface area contributed by atoms with Crippen LogP contribution >= 0.6 is 23.1 Å². The molecule has 3 rings (SSSR count). The second-order valence-corrected chi connectivity index (χ2v) is 7.22. The molecule has 0 radical (unpaired) electrons. The molecule has 2 aromatic heterocycles. The Labute approximate surface area is 154 Å². The first kappa shape index (κ1) is 17.4. The maximum absolute atomic E-state index is 12.2. The Morgan fingerprint density at radius 3 is 2.88 bits per heavy atom. The maximum atomic E-state index is 12.2. The highest BCUT2D eigenvalue weighted by Crippen LogP contribution is 2.27. The lowest BCUT2D eigenvalue weighted by atomic mass is 10.2. The number of benzene rings is 1. The molecule has 25 heavy (non-hydrogen) atoms. The van der Waals surface area contributed by atoms with Crippen molar-refractivity contribution in [2.24, 2.45) is 0 Å². The Bertz CT molecular complexity index is 871. The van der Waals surface area contributed by atoms with E-state index >= 15 is 0 Å². The van der Waals surface area contributed by atoms with Gasteiger partial charge in [-0.15, -0.1) is 28.1 Å². The van der Waals surface area contributed by atoms with Gasteiger partial charge in [-0.3, -0.25) is 9.36 Å². The first-order valence-corrected chi connectivity index (χ1v) is 9.62. The molecule has 0 atom stereocenters. The van der Waals surface area contributed by atoms with Crippen LogP contribution in [0.2, 0.25) is 0 Å². The number of hydrogen-bond acceptors (Lipinski definition) is 5. The van der Waals surface area contributed by atoms with E-state index in [4.69, 9.17) is 0 Å².